The number of carboxylic acid groups (broad SMARTS) is 1. The van der Waals surface area contributed by atoms with E-state index in [9.17, 15) is 4.79 Å². The quantitative estimate of drug-likeness (QED) is 0.837. The summed E-state index contributed by atoms with van der Waals surface area (Å²) in [5.74, 6) is -0.759. The SMILES string of the molecule is CCC(N)C1(CC(=O)O)CCc2ccccc21. The summed E-state index contributed by atoms with van der Waals surface area (Å²) in [7, 11) is 0. The van der Waals surface area contributed by atoms with Crippen molar-refractivity contribution >= 4 is 5.97 Å². The normalized spacial score (nSPS) is 24.4. The lowest BCUT2D eigenvalue weighted by molar-refractivity contribution is -0.138. The molecule has 2 unspecified atom stereocenters. The highest BCUT2D eigenvalue weighted by Crippen LogP contribution is 2.44. The maximum Gasteiger partial charge on any atom is 0.304 e. The van der Waals surface area contributed by atoms with Crippen LogP contribution in [0, 0.1) is 0 Å². The summed E-state index contributed by atoms with van der Waals surface area (Å²) in [4.78, 5) is 11.1. The van der Waals surface area contributed by atoms with Gasteiger partial charge in [0.05, 0.1) is 6.42 Å². The fourth-order valence-electron chi connectivity index (χ4n) is 3.08. The lowest BCUT2D eigenvalue weighted by Gasteiger charge is -2.34. The molecule has 1 aliphatic rings. The van der Waals surface area contributed by atoms with Crippen LogP contribution in [0.3, 0.4) is 0 Å². The predicted molar refractivity (Wildman–Crippen MR) is 67.0 cm³/mol. The van der Waals surface area contributed by atoms with Crippen molar-refractivity contribution in [2.75, 3.05) is 0 Å². The highest BCUT2D eigenvalue weighted by atomic mass is 16.4. The van der Waals surface area contributed by atoms with Gasteiger partial charge in [-0.25, -0.2) is 0 Å². The summed E-state index contributed by atoms with van der Waals surface area (Å²) in [5, 5.41) is 9.15. The van der Waals surface area contributed by atoms with Crippen LogP contribution in [0.15, 0.2) is 24.3 Å². The molecule has 0 heterocycles. The van der Waals surface area contributed by atoms with Crippen LogP contribution >= 0.6 is 0 Å². The largest absolute Gasteiger partial charge is 0.481 e. The van der Waals surface area contributed by atoms with E-state index in [-0.39, 0.29) is 17.9 Å². The van der Waals surface area contributed by atoms with Crippen molar-refractivity contribution in [3.05, 3.63) is 35.4 Å². The topological polar surface area (TPSA) is 63.3 Å². The van der Waals surface area contributed by atoms with Crippen LogP contribution in [0.25, 0.3) is 0 Å². The van der Waals surface area contributed by atoms with Gasteiger partial charge < -0.3 is 10.8 Å². The molecule has 2 atom stereocenters. The molecule has 0 aliphatic heterocycles. The summed E-state index contributed by atoms with van der Waals surface area (Å²) < 4.78 is 0. The fraction of sp³-hybridized carbons (Fsp3) is 0.500. The van der Waals surface area contributed by atoms with E-state index < -0.39 is 5.97 Å². The highest BCUT2D eigenvalue weighted by molar-refractivity contribution is 5.70. The molecule has 2 rings (SSSR count). The van der Waals surface area contributed by atoms with Gasteiger partial charge in [0, 0.05) is 11.5 Å². The number of aliphatic carboxylic acids is 1. The molecule has 3 heteroatoms. The molecule has 92 valence electrons. The Balaban J connectivity index is 2.46. The van der Waals surface area contributed by atoms with Crippen LogP contribution in [0.5, 0.6) is 0 Å². The summed E-state index contributed by atoms with van der Waals surface area (Å²) in [6.07, 6.45) is 2.74. The Morgan fingerprint density at radius 1 is 1.53 bits per heavy atom. The molecule has 0 aromatic heterocycles. The van der Waals surface area contributed by atoms with Crippen LogP contribution in [0.4, 0.5) is 0 Å². The second kappa shape index (κ2) is 4.49. The first kappa shape index (κ1) is 12.1. The molecule has 3 N–H and O–H groups in total. The van der Waals surface area contributed by atoms with Crippen LogP contribution in [-0.4, -0.2) is 17.1 Å². The van der Waals surface area contributed by atoms with Gasteiger partial charge in [-0.15, -0.1) is 0 Å². The number of carboxylic acids is 1. The van der Waals surface area contributed by atoms with E-state index in [0.29, 0.717) is 0 Å². The molecule has 0 radical (unpaired) electrons. The second-order valence-electron chi connectivity index (χ2n) is 4.90. The lowest BCUT2D eigenvalue weighted by atomic mass is 9.72. The number of benzene rings is 1. The molecule has 0 saturated carbocycles. The zero-order valence-electron chi connectivity index (χ0n) is 10.1. The first-order valence-corrected chi connectivity index (χ1v) is 6.16. The highest BCUT2D eigenvalue weighted by Gasteiger charge is 2.44. The molecule has 1 aliphatic carbocycles. The van der Waals surface area contributed by atoms with Gasteiger partial charge >= 0.3 is 5.97 Å². The third kappa shape index (κ3) is 1.95. The Labute approximate surface area is 102 Å². The summed E-state index contributed by atoms with van der Waals surface area (Å²) in [5.41, 5.74) is 8.26. The molecule has 1 aromatic rings. The third-order valence-corrected chi connectivity index (χ3v) is 4.01. The Hall–Kier alpha value is -1.35. The second-order valence-corrected chi connectivity index (χ2v) is 4.90. The Morgan fingerprint density at radius 2 is 2.24 bits per heavy atom. The number of carbonyl (C=O) groups is 1. The molecule has 0 bridgehead atoms. The first-order valence-electron chi connectivity index (χ1n) is 6.16. The van der Waals surface area contributed by atoms with Gasteiger partial charge in [0.2, 0.25) is 0 Å². The van der Waals surface area contributed by atoms with E-state index in [1.807, 2.05) is 25.1 Å². The van der Waals surface area contributed by atoms with E-state index in [2.05, 4.69) is 6.07 Å². The predicted octanol–water partition coefficient (Wildman–Crippen LogP) is 2.08. The minimum atomic E-state index is -0.759. The van der Waals surface area contributed by atoms with E-state index in [1.54, 1.807) is 0 Å². The van der Waals surface area contributed by atoms with Gasteiger partial charge in [-0.05, 0) is 30.4 Å². The molecular formula is C14H19NO2. The Kier molecular flexibility index (Phi) is 3.20. The van der Waals surface area contributed by atoms with E-state index in [4.69, 9.17) is 10.8 Å². The number of hydrogen-bond donors (Lipinski definition) is 2. The smallest absolute Gasteiger partial charge is 0.304 e. The van der Waals surface area contributed by atoms with Gasteiger partial charge in [0.25, 0.3) is 0 Å². The number of nitrogens with two attached hydrogens (primary N) is 1. The van der Waals surface area contributed by atoms with Crippen molar-refractivity contribution < 1.29 is 9.90 Å². The summed E-state index contributed by atoms with van der Waals surface area (Å²) >= 11 is 0. The maximum atomic E-state index is 11.1. The zero-order chi connectivity index (χ0) is 12.5. The standard InChI is InChI=1S/C14H19NO2/c1-2-12(15)14(9-13(16)17)8-7-10-5-3-4-6-11(10)14/h3-6,12H,2,7-9,15H2,1H3,(H,16,17). The van der Waals surface area contributed by atoms with E-state index >= 15 is 0 Å². The Bertz CT molecular complexity index is 430. The number of hydrogen-bond acceptors (Lipinski definition) is 2. The molecule has 0 amide bonds. The van der Waals surface area contributed by atoms with Gasteiger partial charge in [-0.1, -0.05) is 31.2 Å². The molecule has 0 fully saturated rings. The summed E-state index contributed by atoms with van der Waals surface area (Å²) in [6, 6.07) is 8.03. The number of fused-ring (bicyclic) bond motifs is 1. The first-order chi connectivity index (χ1) is 8.10. The monoisotopic (exact) mass is 233 g/mol. The van der Waals surface area contributed by atoms with Crippen molar-refractivity contribution in [3.8, 4) is 0 Å². The fourth-order valence-corrected chi connectivity index (χ4v) is 3.08. The average Bonchev–Trinajstić information content (AvgIpc) is 2.68. The molecular weight excluding hydrogens is 214 g/mol. The Morgan fingerprint density at radius 3 is 2.88 bits per heavy atom. The van der Waals surface area contributed by atoms with E-state index in [0.717, 1.165) is 24.8 Å². The third-order valence-electron chi connectivity index (χ3n) is 4.01. The van der Waals surface area contributed by atoms with Crippen molar-refractivity contribution in [2.45, 2.75) is 44.1 Å². The number of aryl methyl sites for hydroxylation is 1. The van der Waals surface area contributed by atoms with E-state index in [1.165, 1.54) is 5.56 Å². The summed E-state index contributed by atoms with van der Waals surface area (Å²) in [6.45, 7) is 2.02. The van der Waals surface area contributed by atoms with Crippen molar-refractivity contribution in [2.24, 2.45) is 5.73 Å². The zero-order valence-corrected chi connectivity index (χ0v) is 10.1. The number of rotatable bonds is 4. The van der Waals surface area contributed by atoms with Gasteiger partial charge in [0.15, 0.2) is 0 Å². The minimum Gasteiger partial charge on any atom is -0.481 e. The minimum absolute atomic E-state index is 0.0813. The molecule has 0 saturated heterocycles. The van der Waals surface area contributed by atoms with Crippen molar-refractivity contribution in [3.63, 3.8) is 0 Å². The van der Waals surface area contributed by atoms with Crippen LogP contribution in [0.1, 0.15) is 37.3 Å². The molecule has 3 nitrogen and oxygen atoms in total. The van der Waals surface area contributed by atoms with Gasteiger partial charge in [-0.3, -0.25) is 4.79 Å². The molecule has 0 spiro atoms. The molecule has 17 heavy (non-hydrogen) atoms. The van der Waals surface area contributed by atoms with Crippen LogP contribution in [-0.2, 0) is 16.6 Å². The van der Waals surface area contributed by atoms with Crippen LogP contribution in [0.2, 0.25) is 0 Å². The van der Waals surface area contributed by atoms with Crippen molar-refractivity contribution in [1.29, 1.82) is 0 Å². The van der Waals surface area contributed by atoms with Crippen LogP contribution < -0.4 is 5.73 Å². The maximum absolute atomic E-state index is 11.1. The average molecular weight is 233 g/mol. The molecule has 1 aromatic carbocycles. The van der Waals surface area contributed by atoms with Gasteiger partial charge in [0.1, 0.15) is 0 Å². The lowest BCUT2D eigenvalue weighted by Crippen LogP contribution is -2.45. The van der Waals surface area contributed by atoms with Gasteiger partial charge in [-0.2, -0.15) is 0 Å². The van der Waals surface area contributed by atoms with Crippen molar-refractivity contribution in [1.82, 2.24) is 0 Å².